The zero-order valence-electron chi connectivity index (χ0n) is 8.60. The number of carbonyl (C=O) groups is 3. The molecular weight excluding hydrogens is 232 g/mol. The Morgan fingerprint density at radius 3 is 2.82 bits per heavy atom. The Morgan fingerprint density at radius 1 is 1.53 bits per heavy atom. The minimum absolute atomic E-state index is 0.00763. The van der Waals surface area contributed by atoms with Crippen LogP contribution in [0, 0.1) is 0 Å². The summed E-state index contributed by atoms with van der Waals surface area (Å²) in [7, 11) is 0. The van der Waals surface area contributed by atoms with E-state index in [9.17, 15) is 14.4 Å². The molecule has 0 fully saturated rings. The van der Waals surface area contributed by atoms with E-state index in [4.69, 9.17) is 10.8 Å². The highest BCUT2D eigenvalue weighted by atomic mass is 16.5. The van der Waals surface area contributed by atoms with Crippen LogP contribution in [0.2, 0.25) is 0 Å². The number of carboxylic acid groups (broad SMARTS) is 1. The third kappa shape index (κ3) is 3.48. The number of H-pyrrole nitrogens is 1. The number of nitrogens with one attached hydrogen (secondary N) is 2. The fourth-order valence-corrected chi connectivity index (χ4v) is 1.03. The summed E-state index contributed by atoms with van der Waals surface area (Å²) >= 11 is 0. The monoisotopic (exact) mass is 242 g/mol. The lowest BCUT2D eigenvalue weighted by atomic mass is 10.3. The molecule has 92 valence electrons. The lowest BCUT2D eigenvalue weighted by Crippen LogP contribution is -2.30. The number of rotatable bonds is 5. The molecule has 0 aliphatic heterocycles. The summed E-state index contributed by atoms with van der Waals surface area (Å²) in [5, 5.41) is 11.0. The molecule has 0 aliphatic rings. The molecule has 2 amide bonds. The second-order valence-electron chi connectivity index (χ2n) is 2.85. The first kappa shape index (κ1) is 12.5. The number of nitrogens with two attached hydrogens (primary N) is 1. The average Bonchev–Trinajstić information content (AvgIpc) is 2.72. The summed E-state index contributed by atoms with van der Waals surface area (Å²) in [5.41, 5.74) is 4.15. The predicted molar refractivity (Wildman–Crippen MR) is 53.4 cm³/mol. The van der Waals surface area contributed by atoms with Crippen molar-refractivity contribution >= 4 is 18.0 Å². The van der Waals surface area contributed by atoms with Crippen LogP contribution in [-0.4, -0.2) is 46.2 Å². The van der Waals surface area contributed by atoms with Crippen molar-refractivity contribution in [3.63, 3.8) is 0 Å². The van der Waals surface area contributed by atoms with Gasteiger partial charge < -0.3 is 25.9 Å². The van der Waals surface area contributed by atoms with E-state index in [1.54, 1.807) is 0 Å². The van der Waals surface area contributed by atoms with Crippen molar-refractivity contribution in [3.8, 4) is 0 Å². The number of carboxylic acids is 1. The molecule has 0 spiro atoms. The van der Waals surface area contributed by atoms with E-state index in [0.29, 0.717) is 0 Å². The first-order valence-electron chi connectivity index (χ1n) is 4.49. The van der Waals surface area contributed by atoms with Gasteiger partial charge in [-0.1, -0.05) is 0 Å². The topological polar surface area (TPSA) is 147 Å². The van der Waals surface area contributed by atoms with Gasteiger partial charge in [-0.3, -0.25) is 4.79 Å². The van der Waals surface area contributed by atoms with Gasteiger partial charge in [0.25, 0.3) is 5.91 Å². The lowest BCUT2D eigenvalue weighted by molar-refractivity contribution is 0.0685. The van der Waals surface area contributed by atoms with E-state index in [0.717, 1.165) is 6.33 Å². The maximum absolute atomic E-state index is 11.4. The van der Waals surface area contributed by atoms with E-state index in [-0.39, 0.29) is 24.5 Å². The van der Waals surface area contributed by atoms with Crippen LogP contribution >= 0.6 is 0 Å². The van der Waals surface area contributed by atoms with Crippen LogP contribution in [0.4, 0.5) is 4.79 Å². The molecule has 0 aliphatic carbocycles. The Bertz CT molecular complexity index is 441. The second kappa shape index (κ2) is 5.49. The summed E-state index contributed by atoms with van der Waals surface area (Å²) in [6.45, 7) is -0.0956. The molecule has 1 rings (SSSR count). The molecule has 17 heavy (non-hydrogen) atoms. The number of carbonyl (C=O) groups excluding carboxylic acids is 2. The molecule has 1 heterocycles. The van der Waals surface area contributed by atoms with E-state index >= 15 is 0 Å². The van der Waals surface area contributed by atoms with Crippen LogP contribution in [0.5, 0.6) is 0 Å². The molecule has 0 saturated carbocycles. The van der Waals surface area contributed by atoms with Gasteiger partial charge in [0.05, 0.1) is 12.9 Å². The van der Waals surface area contributed by atoms with Crippen molar-refractivity contribution < 1.29 is 24.2 Å². The molecule has 0 bridgehead atoms. The minimum atomic E-state index is -1.29. The van der Waals surface area contributed by atoms with Crippen molar-refractivity contribution in [2.24, 2.45) is 5.73 Å². The fraction of sp³-hybridized carbons (Fsp3) is 0.250. The molecule has 1 aromatic heterocycles. The smallest absolute Gasteiger partial charge is 0.404 e. The fourth-order valence-electron chi connectivity index (χ4n) is 1.03. The molecule has 1 aromatic rings. The summed E-state index contributed by atoms with van der Waals surface area (Å²) in [6, 6.07) is 0. The standard InChI is InChI=1S/C8H10N4O5/c9-8(16)17-2-1-10-6(13)4-5(7(14)15)12-3-11-4/h3H,1-2H2,(H2,9,16)(H,10,13)(H,11,12)(H,14,15). The van der Waals surface area contributed by atoms with Crippen molar-refractivity contribution in [2.45, 2.75) is 0 Å². The Kier molecular flexibility index (Phi) is 4.03. The normalized spacial score (nSPS) is 9.65. The van der Waals surface area contributed by atoms with Gasteiger partial charge in [-0.2, -0.15) is 0 Å². The molecule has 0 unspecified atom stereocenters. The quantitative estimate of drug-likeness (QED) is 0.483. The molecule has 0 aromatic carbocycles. The lowest BCUT2D eigenvalue weighted by Gasteiger charge is -2.03. The van der Waals surface area contributed by atoms with Crippen LogP contribution < -0.4 is 11.1 Å². The van der Waals surface area contributed by atoms with Gasteiger partial charge in [-0.25, -0.2) is 14.6 Å². The highest BCUT2D eigenvalue weighted by molar-refractivity contribution is 6.02. The molecule has 5 N–H and O–H groups in total. The number of imidazole rings is 1. The van der Waals surface area contributed by atoms with Gasteiger partial charge in [0.15, 0.2) is 11.4 Å². The zero-order chi connectivity index (χ0) is 12.8. The minimum Gasteiger partial charge on any atom is -0.477 e. The number of aromatic nitrogens is 2. The van der Waals surface area contributed by atoms with E-state index in [1.807, 2.05) is 0 Å². The first-order chi connectivity index (χ1) is 8.02. The van der Waals surface area contributed by atoms with Crippen molar-refractivity contribution in [1.29, 1.82) is 0 Å². The molecule has 9 nitrogen and oxygen atoms in total. The number of ether oxygens (including phenoxy) is 1. The Balaban J connectivity index is 2.50. The van der Waals surface area contributed by atoms with Crippen LogP contribution in [0.3, 0.4) is 0 Å². The Hall–Kier alpha value is -2.58. The molecule has 9 heteroatoms. The van der Waals surface area contributed by atoms with Crippen LogP contribution in [0.15, 0.2) is 6.33 Å². The average molecular weight is 242 g/mol. The van der Waals surface area contributed by atoms with Crippen LogP contribution in [0.1, 0.15) is 21.0 Å². The van der Waals surface area contributed by atoms with Gasteiger partial charge in [0, 0.05) is 0 Å². The van der Waals surface area contributed by atoms with Gasteiger partial charge >= 0.3 is 12.1 Å². The maximum Gasteiger partial charge on any atom is 0.404 e. The number of hydrogen-bond acceptors (Lipinski definition) is 5. The maximum atomic E-state index is 11.4. The zero-order valence-corrected chi connectivity index (χ0v) is 8.60. The van der Waals surface area contributed by atoms with Crippen molar-refractivity contribution in [2.75, 3.05) is 13.2 Å². The number of aromatic carboxylic acids is 1. The number of amides is 2. The number of hydrogen-bond donors (Lipinski definition) is 4. The van der Waals surface area contributed by atoms with Crippen LogP contribution in [0.25, 0.3) is 0 Å². The summed E-state index contributed by atoms with van der Waals surface area (Å²) in [6.07, 6.45) is 0.142. The number of primary amides is 1. The highest BCUT2D eigenvalue weighted by Gasteiger charge is 2.19. The molecule has 0 saturated heterocycles. The van der Waals surface area contributed by atoms with E-state index < -0.39 is 18.0 Å². The van der Waals surface area contributed by atoms with Gasteiger partial charge in [-0.15, -0.1) is 0 Å². The second-order valence-corrected chi connectivity index (χ2v) is 2.85. The van der Waals surface area contributed by atoms with Gasteiger partial charge in [0.1, 0.15) is 6.61 Å². The summed E-state index contributed by atoms with van der Waals surface area (Å²) < 4.78 is 4.37. The Morgan fingerprint density at radius 2 is 2.24 bits per heavy atom. The third-order valence-electron chi connectivity index (χ3n) is 1.70. The van der Waals surface area contributed by atoms with E-state index in [1.165, 1.54) is 0 Å². The SMILES string of the molecule is NC(=O)OCCNC(=O)c1nc[nH]c1C(=O)O. The summed E-state index contributed by atoms with van der Waals surface area (Å²) in [5.74, 6) is -1.97. The molecule has 0 atom stereocenters. The van der Waals surface area contributed by atoms with E-state index in [2.05, 4.69) is 20.0 Å². The largest absolute Gasteiger partial charge is 0.477 e. The molecule has 0 radical (unpaired) electrons. The highest BCUT2D eigenvalue weighted by Crippen LogP contribution is 2.01. The van der Waals surface area contributed by atoms with Gasteiger partial charge in [-0.05, 0) is 0 Å². The summed E-state index contributed by atoms with van der Waals surface area (Å²) in [4.78, 5) is 38.2. The number of nitrogens with zero attached hydrogens (tertiary/aromatic N) is 1. The van der Waals surface area contributed by atoms with Gasteiger partial charge in [0.2, 0.25) is 0 Å². The third-order valence-corrected chi connectivity index (χ3v) is 1.70. The van der Waals surface area contributed by atoms with Crippen LogP contribution in [-0.2, 0) is 4.74 Å². The number of aromatic amines is 1. The molecular formula is C8H10N4O5. The first-order valence-corrected chi connectivity index (χ1v) is 4.49. The van der Waals surface area contributed by atoms with Crippen molar-refractivity contribution in [1.82, 2.24) is 15.3 Å². The Labute approximate surface area is 95.0 Å². The predicted octanol–water partition coefficient (Wildman–Crippen LogP) is -1.07. The van der Waals surface area contributed by atoms with Crippen molar-refractivity contribution in [3.05, 3.63) is 17.7 Å².